The first kappa shape index (κ1) is 13.2. The van der Waals surface area contributed by atoms with Gasteiger partial charge in [-0.3, -0.25) is 4.79 Å². The van der Waals surface area contributed by atoms with Gasteiger partial charge in [-0.25, -0.2) is 4.98 Å². The number of pyridine rings is 1. The second kappa shape index (κ2) is 5.63. The average Bonchev–Trinajstić information content (AvgIpc) is 3.12. The first-order valence-corrected chi connectivity index (χ1v) is 6.42. The van der Waals surface area contributed by atoms with Crippen LogP contribution < -0.4 is 16.0 Å². The highest BCUT2D eigenvalue weighted by Gasteiger charge is 2.23. The molecule has 0 unspecified atom stereocenters. The van der Waals surface area contributed by atoms with Crippen molar-refractivity contribution >= 4 is 40.7 Å². The molecule has 0 spiro atoms. The van der Waals surface area contributed by atoms with E-state index in [-0.39, 0.29) is 12.5 Å². The quantitative estimate of drug-likeness (QED) is 0.777. The summed E-state index contributed by atoms with van der Waals surface area (Å²) in [6, 6.07) is 1.93. The standard InChI is InChI=1S/C11H14Cl2N4O/c1-14-10-7(12)4-8(13)11(17-10)15-5-9(18)16-6-2-3-6/h4,6H,2-3,5H2,1H3,(H,16,18)(H2,14,15,17). The minimum absolute atomic E-state index is 0.0590. The second-order valence-electron chi connectivity index (χ2n) is 4.09. The number of nitrogens with zero attached hydrogens (tertiary/aromatic N) is 1. The summed E-state index contributed by atoms with van der Waals surface area (Å²) in [6.45, 7) is 0.147. The molecule has 0 bridgehead atoms. The summed E-state index contributed by atoms with van der Waals surface area (Å²) in [5, 5.41) is 9.44. The molecule has 1 heterocycles. The highest BCUT2D eigenvalue weighted by molar-refractivity contribution is 6.37. The molecule has 1 amide bonds. The van der Waals surface area contributed by atoms with E-state index in [4.69, 9.17) is 23.2 Å². The summed E-state index contributed by atoms with van der Waals surface area (Å²) in [6.07, 6.45) is 2.13. The molecular weight excluding hydrogens is 275 g/mol. The SMILES string of the molecule is CNc1nc(NCC(=O)NC2CC2)c(Cl)cc1Cl. The fourth-order valence-corrected chi connectivity index (χ4v) is 1.96. The van der Waals surface area contributed by atoms with Crippen molar-refractivity contribution in [3.05, 3.63) is 16.1 Å². The molecule has 0 radical (unpaired) electrons. The highest BCUT2D eigenvalue weighted by Crippen LogP contribution is 2.28. The molecule has 0 aliphatic heterocycles. The molecule has 1 aliphatic carbocycles. The number of hydrogen-bond donors (Lipinski definition) is 3. The monoisotopic (exact) mass is 288 g/mol. The molecule has 1 aromatic heterocycles. The van der Waals surface area contributed by atoms with Crippen LogP contribution in [0.2, 0.25) is 10.0 Å². The highest BCUT2D eigenvalue weighted by atomic mass is 35.5. The normalized spacial score (nSPS) is 14.2. The van der Waals surface area contributed by atoms with Crippen LogP contribution in [-0.2, 0) is 4.79 Å². The molecule has 7 heteroatoms. The van der Waals surface area contributed by atoms with Gasteiger partial charge in [0.2, 0.25) is 5.91 Å². The summed E-state index contributed by atoms with van der Waals surface area (Å²) in [5.74, 6) is 0.902. The number of carbonyl (C=O) groups is 1. The molecule has 98 valence electrons. The van der Waals surface area contributed by atoms with E-state index >= 15 is 0 Å². The summed E-state index contributed by atoms with van der Waals surface area (Å²) >= 11 is 11.9. The van der Waals surface area contributed by atoms with E-state index in [0.717, 1.165) is 12.8 Å². The van der Waals surface area contributed by atoms with Crippen molar-refractivity contribution in [1.82, 2.24) is 10.3 Å². The van der Waals surface area contributed by atoms with Gasteiger partial charge < -0.3 is 16.0 Å². The second-order valence-corrected chi connectivity index (χ2v) is 4.91. The molecule has 3 N–H and O–H groups in total. The number of anilines is 2. The Morgan fingerprint density at radius 3 is 2.67 bits per heavy atom. The van der Waals surface area contributed by atoms with Crippen LogP contribution in [0.1, 0.15) is 12.8 Å². The van der Waals surface area contributed by atoms with E-state index in [2.05, 4.69) is 20.9 Å². The Hall–Kier alpha value is -1.20. The molecular formula is C11H14Cl2N4O. The predicted molar refractivity (Wildman–Crippen MR) is 73.5 cm³/mol. The van der Waals surface area contributed by atoms with E-state index in [1.165, 1.54) is 0 Å². The maximum atomic E-state index is 11.5. The first-order valence-electron chi connectivity index (χ1n) is 5.67. The van der Waals surface area contributed by atoms with Crippen molar-refractivity contribution in [2.24, 2.45) is 0 Å². The lowest BCUT2D eigenvalue weighted by atomic mass is 10.4. The summed E-state index contributed by atoms with van der Waals surface area (Å²) in [7, 11) is 1.71. The lowest BCUT2D eigenvalue weighted by molar-refractivity contribution is -0.119. The number of rotatable bonds is 5. The van der Waals surface area contributed by atoms with Crippen LogP contribution in [0.3, 0.4) is 0 Å². The topological polar surface area (TPSA) is 66.0 Å². The van der Waals surface area contributed by atoms with E-state index in [9.17, 15) is 4.79 Å². The minimum atomic E-state index is -0.0590. The Morgan fingerprint density at radius 1 is 1.39 bits per heavy atom. The fourth-order valence-electron chi connectivity index (χ4n) is 1.44. The smallest absolute Gasteiger partial charge is 0.239 e. The number of halogens is 2. The summed E-state index contributed by atoms with van der Waals surface area (Å²) < 4.78 is 0. The zero-order chi connectivity index (χ0) is 13.1. The molecule has 0 saturated heterocycles. The Labute approximate surface area is 115 Å². The lowest BCUT2D eigenvalue weighted by Crippen LogP contribution is -2.31. The van der Waals surface area contributed by atoms with Gasteiger partial charge in [0.15, 0.2) is 0 Å². The van der Waals surface area contributed by atoms with Gasteiger partial charge in [0.25, 0.3) is 0 Å². The van der Waals surface area contributed by atoms with Gasteiger partial charge in [0.1, 0.15) is 11.6 Å². The third kappa shape index (κ3) is 3.40. The molecule has 1 saturated carbocycles. The number of nitrogens with one attached hydrogen (secondary N) is 3. The van der Waals surface area contributed by atoms with Gasteiger partial charge in [0.05, 0.1) is 16.6 Å². The van der Waals surface area contributed by atoms with Gasteiger partial charge in [-0.15, -0.1) is 0 Å². The maximum Gasteiger partial charge on any atom is 0.239 e. The molecule has 1 aromatic rings. The Kier molecular flexibility index (Phi) is 4.14. The number of hydrogen-bond acceptors (Lipinski definition) is 4. The Morgan fingerprint density at radius 2 is 2.06 bits per heavy atom. The molecule has 5 nitrogen and oxygen atoms in total. The van der Waals surface area contributed by atoms with Crippen LogP contribution in [0.25, 0.3) is 0 Å². The summed E-state index contributed by atoms with van der Waals surface area (Å²) in [4.78, 5) is 15.7. The molecule has 18 heavy (non-hydrogen) atoms. The van der Waals surface area contributed by atoms with Crippen molar-refractivity contribution in [3.8, 4) is 0 Å². The lowest BCUT2D eigenvalue weighted by Gasteiger charge is -2.10. The van der Waals surface area contributed by atoms with Crippen LogP contribution in [0.5, 0.6) is 0 Å². The van der Waals surface area contributed by atoms with Gasteiger partial charge in [-0.2, -0.15) is 0 Å². The zero-order valence-corrected chi connectivity index (χ0v) is 11.4. The van der Waals surface area contributed by atoms with E-state index < -0.39 is 0 Å². The maximum absolute atomic E-state index is 11.5. The van der Waals surface area contributed by atoms with Crippen LogP contribution in [0, 0.1) is 0 Å². The van der Waals surface area contributed by atoms with Crippen molar-refractivity contribution in [1.29, 1.82) is 0 Å². The van der Waals surface area contributed by atoms with Crippen LogP contribution in [-0.4, -0.2) is 30.5 Å². The van der Waals surface area contributed by atoms with Gasteiger partial charge in [-0.05, 0) is 18.9 Å². The number of amides is 1. The average molecular weight is 289 g/mol. The van der Waals surface area contributed by atoms with Gasteiger partial charge in [-0.1, -0.05) is 23.2 Å². The summed E-state index contributed by atoms with van der Waals surface area (Å²) in [5.41, 5.74) is 0. The van der Waals surface area contributed by atoms with Crippen molar-refractivity contribution in [2.75, 3.05) is 24.2 Å². The largest absolute Gasteiger partial charge is 0.372 e. The molecule has 0 atom stereocenters. The minimum Gasteiger partial charge on any atom is -0.372 e. The van der Waals surface area contributed by atoms with Crippen LogP contribution in [0.15, 0.2) is 6.07 Å². The fraction of sp³-hybridized carbons (Fsp3) is 0.455. The van der Waals surface area contributed by atoms with Crippen molar-refractivity contribution < 1.29 is 4.79 Å². The number of aromatic nitrogens is 1. The van der Waals surface area contributed by atoms with Gasteiger partial charge >= 0.3 is 0 Å². The van der Waals surface area contributed by atoms with Gasteiger partial charge in [0, 0.05) is 13.1 Å². The third-order valence-corrected chi connectivity index (χ3v) is 3.10. The van der Waals surface area contributed by atoms with Crippen LogP contribution >= 0.6 is 23.2 Å². The zero-order valence-electron chi connectivity index (χ0n) is 9.89. The predicted octanol–water partition coefficient (Wildman–Crippen LogP) is 2.12. The van der Waals surface area contributed by atoms with E-state index in [0.29, 0.717) is 27.7 Å². The molecule has 0 aromatic carbocycles. The molecule has 1 fully saturated rings. The van der Waals surface area contributed by atoms with Crippen molar-refractivity contribution in [2.45, 2.75) is 18.9 Å². The van der Waals surface area contributed by atoms with Crippen LogP contribution in [0.4, 0.5) is 11.6 Å². The first-order chi connectivity index (χ1) is 8.60. The van der Waals surface area contributed by atoms with E-state index in [1.54, 1.807) is 13.1 Å². The van der Waals surface area contributed by atoms with Crippen molar-refractivity contribution in [3.63, 3.8) is 0 Å². The van der Waals surface area contributed by atoms with E-state index in [1.807, 2.05) is 0 Å². The molecule has 1 aliphatic rings. The third-order valence-electron chi connectivity index (χ3n) is 2.53. The molecule has 2 rings (SSSR count). The number of carbonyl (C=O) groups excluding carboxylic acids is 1. The Bertz CT molecular complexity index is 463. The Balaban J connectivity index is 1.97.